The molecule has 13 heteroatoms. The number of hydrogen-bond donors (Lipinski definition) is 1. The van der Waals surface area contributed by atoms with Crippen LogP contribution >= 0.6 is 11.6 Å². The molecule has 4 aromatic rings. The molecule has 0 bridgehead atoms. The lowest BCUT2D eigenvalue weighted by atomic mass is 9.66. The standard InChI is InChI=1S/C31H28ClN3O9/c1-34-11-15(27-19(32)10-33-35(27)2)5-20(34)30(37)44-29-17-9-22-21(42-13-43-22)8-16(17)25(26-18(29)12-41-31(26)38)14-6-23(39-3)28(36)24(7-14)40-4/h5-11,18,25-26,29,36H,12-13H2,1-4H3/t18-,25+,26+,29-/m0/s1. The van der Waals surface area contributed by atoms with Crippen molar-refractivity contribution in [1.29, 1.82) is 0 Å². The molecule has 1 saturated heterocycles. The number of nitrogens with zero attached hydrogens (tertiary/aromatic N) is 3. The molecule has 0 radical (unpaired) electrons. The van der Waals surface area contributed by atoms with Crippen LogP contribution < -0.4 is 18.9 Å². The largest absolute Gasteiger partial charge is 0.502 e. The number of cyclic esters (lactones) is 1. The Morgan fingerprint density at radius 1 is 1.02 bits per heavy atom. The van der Waals surface area contributed by atoms with E-state index >= 15 is 0 Å². The maximum absolute atomic E-state index is 13.8. The van der Waals surface area contributed by atoms with Gasteiger partial charge in [0.25, 0.3) is 0 Å². The smallest absolute Gasteiger partial charge is 0.355 e. The Morgan fingerprint density at radius 2 is 1.70 bits per heavy atom. The summed E-state index contributed by atoms with van der Waals surface area (Å²) in [5, 5.41) is 15.2. The number of carbonyl (C=O) groups is 2. The predicted octanol–water partition coefficient (Wildman–Crippen LogP) is 4.36. The summed E-state index contributed by atoms with van der Waals surface area (Å²) >= 11 is 6.36. The molecule has 4 atom stereocenters. The van der Waals surface area contributed by atoms with Crippen LogP contribution in [0.15, 0.2) is 42.7 Å². The molecule has 12 nitrogen and oxygen atoms in total. The highest BCUT2D eigenvalue weighted by Crippen LogP contribution is 2.56. The van der Waals surface area contributed by atoms with Gasteiger partial charge in [0.2, 0.25) is 12.5 Å². The van der Waals surface area contributed by atoms with Crippen LogP contribution in [-0.4, -0.2) is 59.0 Å². The fourth-order valence-electron chi connectivity index (χ4n) is 6.56. The Kier molecular flexibility index (Phi) is 6.61. The van der Waals surface area contributed by atoms with Gasteiger partial charge in [-0.15, -0.1) is 0 Å². The second-order valence-electron chi connectivity index (χ2n) is 10.9. The van der Waals surface area contributed by atoms with Crippen molar-refractivity contribution in [2.45, 2.75) is 12.0 Å². The Hall–Kier alpha value is -4.84. The molecule has 1 fully saturated rings. The first-order valence-electron chi connectivity index (χ1n) is 13.8. The molecule has 2 aromatic carbocycles. The Bertz CT molecular complexity index is 1790. The Morgan fingerprint density at radius 3 is 2.34 bits per heavy atom. The van der Waals surface area contributed by atoms with E-state index in [0.717, 1.165) is 0 Å². The molecule has 2 aliphatic heterocycles. The molecule has 0 amide bonds. The third-order valence-electron chi connectivity index (χ3n) is 8.60. The molecule has 2 aromatic heterocycles. The van der Waals surface area contributed by atoms with E-state index in [1.807, 2.05) is 6.07 Å². The number of phenols is 1. The highest BCUT2D eigenvalue weighted by Gasteiger charge is 2.54. The van der Waals surface area contributed by atoms with Crippen LogP contribution in [0.3, 0.4) is 0 Å². The molecule has 0 saturated carbocycles. The van der Waals surface area contributed by atoms with Gasteiger partial charge < -0.3 is 38.1 Å². The minimum absolute atomic E-state index is 0.0335. The van der Waals surface area contributed by atoms with E-state index in [0.29, 0.717) is 44.5 Å². The lowest BCUT2D eigenvalue weighted by molar-refractivity contribution is -0.141. The summed E-state index contributed by atoms with van der Waals surface area (Å²) < 4.78 is 37.4. The second-order valence-corrected chi connectivity index (χ2v) is 11.3. The third kappa shape index (κ3) is 4.23. The zero-order valence-corrected chi connectivity index (χ0v) is 25.0. The molecule has 7 rings (SSSR count). The molecule has 4 heterocycles. The average molecular weight is 622 g/mol. The molecule has 44 heavy (non-hydrogen) atoms. The first-order valence-corrected chi connectivity index (χ1v) is 14.2. The summed E-state index contributed by atoms with van der Waals surface area (Å²) in [7, 11) is 6.38. The quantitative estimate of drug-likeness (QED) is 0.310. The molecule has 3 aliphatic rings. The molecule has 0 spiro atoms. The molecule has 1 aliphatic carbocycles. The highest BCUT2D eigenvalue weighted by molar-refractivity contribution is 6.33. The van der Waals surface area contributed by atoms with Gasteiger partial charge in [0, 0.05) is 43.3 Å². The van der Waals surface area contributed by atoms with Crippen molar-refractivity contribution in [3.63, 3.8) is 0 Å². The highest BCUT2D eigenvalue weighted by atomic mass is 35.5. The van der Waals surface area contributed by atoms with Gasteiger partial charge in [0.15, 0.2) is 23.0 Å². The van der Waals surface area contributed by atoms with Gasteiger partial charge in [0.05, 0.1) is 43.7 Å². The average Bonchev–Trinajstić information content (AvgIpc) is 3.79. The summed E-state index contributed by atoms with van der Waals surface area (Å²) in [6.07, 6.45) is 2.47. The first-order chi connectivity index (χ1) is 21.2. The van der Waals surface area contributed by atoms with E-state index in [-0.39, 0.29) is 36.3 Å². The second kappa shape index (κ2) is 10.4. The van der Waals surface area contributed by atoms with Gasteiger partial charge in [0.1, 0.15) is 11.8 Å². The fourth-order valence-corrected chi connectivity index (χ4v) is 6.84. The fraction of sp³-hybridized carbons (Fsp3) is 0.323. The number of aromatic hydroxyl groups is 1. The lowest BCUT2D eigenvalue weighted by Gasteiger charge is -2.38. The van der Waals surface area contributed by atoms with Crippen molar-refractivity contribution in [2.24, 2.45) is 25.9 Å². The van der Waals surface area contributed by atoms with Crippen molar-refractivity contribution in [1.82, 2.24) is 14.3 Å². The van der Waals surface area contributed by atoms with Gasteiger partial charge >= 0.3 is 11.9 Å². The zero-order chi connectivity index (χ0) is 30.9. The summed E-state index contributed by atoms with van der Waals surface area (Å²) in [5.74, 6) is -1.62. The van der Waals surface area contributed by atoms with Crippen LogP contribution in [-0.2, 0) is 28.4 Å². The van der Waals surface area contributed by atoms with E-state index in [4.69, 9.17) is 40.0 Å². The van der Waals surface area contributed by atoms with Crippen molar-refractivity contribution in [2.75, 3.05) is 27.6 Å². The summed E-state index contributed by atoms with van der Waals surface area (Å²) in [6.45, 7) is 0.0764. The van der Waals surface area contributed by atoms with Gasteiger partial charge in [-0.25, -0.2) is 4.79 Å². The minimum Gasteiger partial charge on any atom is -0.502 e. The third-order valence-corrected chi connectivity index (χ3v) is 8.87. The number of esters is 2. The minimum atomic E-state index is -0.848. The summed E-state index contributed by atoms with van der Waals surface area (Å²) in [4.78, 5) is 27.2. The molecule has 0 unspecified atom stereocenters. The SMILES string of the molecule is COc1cc([C@@H]2c3cc4c(cc3[C@H](OC(=O)c3cc(-c5c(Cl)cnn5C)cn3C)[C@H]3COC(=O)[C@@H]23)OCO4)cc(OC)c1O. The molecular weight excluding hydrogens is 594 g/mol. The number of aryl methyl sites for hydroxylation is 2. The molecule has 1 N–H and O–H groups in total. The number of rotatable bonds is 6. The lowest BCUT2D eigenvalue weighted by Crippen LogP contribution is -2.36. The van der Waals surface area contributed by atoms with Crippen molar-refractivity contribution >= 4 is 23.5 Å². The van der Waals surface area contributed by atoms with E-state index in [1.165, 1.54) is 20.4 Å². The Balaban J connectivity index is 1.34. The van der Waals surface area contributed by atoms with E-state index < -0.39 is 35.8 Å². The van der Waals surface area contributed by atoms with Crippen LogP contribution in [0.2, 0.25) is 5.02 Å². The van der Waals surface area contributed by atoms with Crippen LogP contribution in [0.25, 0.3) is 11.3 Å². The zero-order valence-electron chi connectivity index (χ0n) is 24.2. The van der Waals surface area contributed by atoms with Gasteiger partial charge in [-0.3, -0.25) is 9.48 Å². The number of aromatic nitrogens is 3. The van der Waals surface area contributed by atoms with Gasteiger partial charge in [-0.05, 0) is 41.5 Å². The number of methoxy groups -OCH3 is 2. The molecular formula is C31H28ClN3O9. The number of halogens is 1. The van der Waals surface area contributed by atoms with Crippen molar-refractivity contribution in [3.05, 3.63) is 70.1 Å². The topological polar surface area (TPSA) is 133 Å². The van der Waals surface area contributed by atoms with Crippen LogP contribution in [0.1, 0.15) is 39.2 Å². The molecule has 228 valence electrons. The van der Waals surface area contributed by atoms with E-state index in [9.17, 15) is 14.7 Å². The summed E-state index contributed by atoms with van der Waals surface area (Å²) in [5.41, 5.74) is 3.64. The number of hydrogen-bond acceptors (Lipinski definition) is 10. The predicted molar refractivity (Wildman–Crippen MR) is 154 cm³/mol. The number of carbonyl (C=O) groups excluding carboxylic acids is 2. The number of ether oxygens (including phenoxy) is 6. The van der Waals surface area contributed by atoms with E-state index in [1.54, 1.807) is 53.8 Å². The number of benzene rings is 2. The summed E-state index contributed by atoms with van der Waals surface area (Å²) in [6, 6.07) is 8.63. The van der Waals surface area contributed by atoms with Crippen molar-refractivity contribution in [3.8, 4) is 40.0 Å². The monoisotopic (exact) mass is 621 g/mol. The maximum Gasteiger partial charge on any atom is 0.355 e. The normalized spacial score (nSPS) is 21.4. The maximum atomic E-state index is 13.8. The van der Waals surface area contributed by atoms with Gasteiger partial charge in [-0.2, -0.15) is 5.10 Å². The van der Waals surface area contributed by atoms with Crippen molar-refractivity contribution < 1.29 is 43.1 Å². The first kappa shape index (κ1) is 28.0. The van der Waals surface area contributed by atoms with Crippen LogP contribution in [0, 0.1) is 11.8 Å². The van der Waals surface area contributed by atoms with Crippen LogP contribution in [0.4, 0.5) is 0 Å². The van der Waals surface area contributed by atoms with E-state index in [2.05, 4.69) is 5.10 Å². The Labute approximate surface area is 256 Å². The number of phenolic OH excluding ortho intramolecular Hbond substituents is 1. The van der Waals surface area contributed by atoms with Gasteiger partial charge in [-0.1, -0.05) is 11.6 Å². The number of fused-ring (bicyclic) bond motifs is 3. The van der Waals surface area contributed by atoms with Crippen LogP contribution in [0.5, 0.6) is 28.7 Å².